The smallest absolute Gasteiger partial charge is 0.272 e. The van der Waals surface area contributed by atoms with Gasteiger partial charge in [-0.3, -0.25) is 9.78 Å². The molecule has 0 spiro atoms. The lowest BCUT2D eigenvalue weighted by molar-refractivity contribution is 0.0660. The van der Waals surface area contributed by atoms with E-state index >= 15 is 0 Å². The highest BCUT2D eigenvalue weighted by atomic mass is 16.5. The first-order valence-electron chi connectivity index (χ1n) is 10.8. The summed E-state index contributed by atoms with van der Waals surface area (Å²) < 4.78 is 16.8. The standard InChI is InChI=1S/C23H27N5O4/c1-4-30-18-8-7-17(11-18)25-23(29)20-9-10-21(27-26-20)31-13-19-15(3)32-28-22(19)16-6-5-14(2)24-12-16/h5-6,9-10,12,17-18H,4,7-8,11,13H2,1-3H3,(H,25,29)/t17-,18?/m1/s1. The van der Waals surface area contributed by atoms with E-state index in [1.54, 1.807) is 18.3 Å². The maximum Gasteiger partial charge on any atom is 0.272 e. The van der Waals surface area contributed by atoms with Crippen molar-refractivity contribution in [2.24, 2.45) is 0 Å². The zero-order valence-corrected chi connectivity index (χ0v) is 18.5. The second-order valence-electron chi connectivity index (χ2n) is 7.86. The number of amides is 1. The molecule has 32 heavy (non-hydrogen) atoms. The molecule has 3 aromatic heterocycles. The summed E-state index contributed by atoms with van der Waals surface area (Å²) in [4.78, 5) is 16.8. The first-order chi connectivity index (χ1) is 15.5. The Balaban J connectivity index is 1.35. The first-order valence-corrected chi connectivity index (χ1v) is 10.8. The van der Waals surface area contributed by atoms with Crippen LogP contribution in [0.3, 0.4) is 0 Å². The molecule has 1 aliphatic carbocycles. The van der Waals surface area contributed by atoms with Crippen LogP contribution in [0.4, 0.5) is 0 Å². The van der Waals surface area contributed by atoms with Crippen LogP contribution in [-0.2, 0) is 11.3 Å². The number of hydrogen-bond donors (Lipinski definition) is 1. The predicted molar refractivity (Wildman–Crippen MR) is 116 cm³/mol. The molecule has 9 nitrogen and oxygen atoms in total. The molecule has 1 fully saturated rings. The van der Waals surface area contributed by atoms with Crippen LogP contribution in [0, 0.1) is 13.8 Å². The lowest BCUT2D eigenvalue weighted by Crippen LogP contribution is -2.34. The van der Waals surface area contributed by atoms with Crippen molar-refractivity contribution in [1.29, 1.82) is 0 Å². The van der Waals surface area contributed by atoms with E-state index in [1.807, 2.05) is 32.9 Å². The van der Waals surface area contributed by atoms with E-state index in [-0.39, 0.29) is 30.4 Å². The van der Waals surface area contributed by atoms with Gasteiger partial charge < -0.3 is 19.3 Å². The van der Waals surface area contributed by atoms with Gasteiger partial charge in [0.1, 0.15) is 18.1 Å². The highest BCUT2D eigenvalue weighted by Crippen LogP contribution is 2.26. The third kappa shape index (κ3) is 5.11. The monoisotopic (exact) mass is 437 g/mol. The summed E-state index contributed by atoms with van der Waals surface area (Å²) in [5, 5.41) is 15.2. The molecular weight excluding hydrogens is 410 g/mol. The molecule has 0 saturated heterocycles. The Morgan fingerprint density at radius 1 is 1.19 bits per heavy atom. The summed E-state index contributed by atoms with van der Waals surface area (Å²) in [5.41, 5.74) is 3.52. The molecule has 1 N–H and O–H groups in total. The van der Waals surface area contributed by atoms with Crippen molar-refractivity contribution in [3.05, 3.63) is 53.2 Å². The Morgan fingerprint density at radius 2 is 2.06 bits per heavy atom. The lowest BCUT2D eigenvalue weighted by atomic mass is 10.1. The van der Waals surface area contributed by atoms with E-state index in [2.05, 4.69) is 25.7 Å². The zero-order chi connectivity index (χ0) is 22.5. The highest BCUT2D eigenvalue weighted by molar-refractivity contribution is 5.92. The van der Waals surface area contributed by atoms with Gasteiger partial charge in [-0.1, -0.05) is 5.16 Å². The van der Waals surface area contributed by atoms with Gasteiger partial charge in [0.15, 0.2) is 5.69 Å². The van der Waals surface area contributed by atoms with Crippen molar-refractivity contribution in [2.75, 3.05) is 6.61 Å². The van der Waals surface area contributed by atoms with Crippen LogP contribution in [0.15, 0.2) is 35.0 Å². The topological polar surface area (TPSA) is 112 Å². The number of pyridine rings is 1. The molecule has 0 radical (unpaired) electrons. The molecule has 0 aliphatic heterocycles. The second kappa shape index (κ2) is 9.86. The Labute approximate surface area is 186 Å². The maximum absolute atomic E-state index is 12.5. The molecule has 0 bridgehead atoms. The lowest BCUT2D eigenvalue weighted by Gasteiger charge is -2.13. The average molecular weight is 438 g/mol. The molecule has 0 aromatic carbocycles. The summed E-state index contributed by atoms with van der Waals surface area (Å²) in [6, 6.07) is 7.20. The number of carbonyl (C=O) groups is 1. The van der Waals surface area contributed by atoms with E-state index in [0.29, 0.717) is 23.9 Å². The number of nitrogens with zero attached hydrogens (tertiary/aromatic N) is 4. The van der Waals surface area contributed by atoms with Crippen LogP contribution in [0.1, 0.15) is 53.7 Å². The van der Waals surface area contributed by atoms with Crippen molar-refractivity contribution < 1.29 is 18.8 Å². The molecular formula is C23H27N5O4. The molecule has 1 unspecified atom stereocenters. The van der Waals surface area contributed by atoms with Crippen LogP contribution in [0.2, 0.25) is 0 Å². The fourth-order valence-electron chi connectivity index (χ4n) is 3.78. The summed E-state index contributed by atoms with van der Waals surface area (Å²) in [6.45, 7) is 6.64. The fraction of sp³-hybridized carbons (Fsp3) is 0.435. The van der Waals surface area contributed by atoms with E-state index in [1.165, 1.54) is 0 Å². The van der Waals surface area contributed by atoms with Gasteiger partial charge in [0, 0.05) is 36.2 Å². The minimum atomic E-state index is -0.241. The van der Waals surface area contributed by atoms with E-state index < -0.39 is 0 Å². The van der Waals surface area contributed by atoms with Gasteiger partial charge in [0.25, 0.3) is 5.91 Å². The predicted octanol–water partition coefficient (Wildman–Crippen LogP) is 3.41. The van der Waals surface area contributed by atoms with E-state index in [0.717, 1.165) is 36.1 Å². The van der Waals surface area contributed by atoms with Gasteiger partial charge in [-0.2, -0.15) is 0 Å². The van der Waals surface area contributed by atoms with Crippen LogP contribution in [0.25, 0.3) is 11.3 Å². The van der Waals surface area contributed by atoms with Crippen molar-refractivity contribution in [3.63, 3.8) is 0 Å². The van der Waals surface area contributed by atoms with Crippen LogP contribution < -0.4 is 10.1 Å². The summed E-state index contributed by atoms with van der Waals surface area (Å²) >= 11 is 0. The van der Waals surface area contributed by atoms with Crippen LogP contribution in [-0.4, -0.2) is 45.0 Å². The van der Waals surface area contributed by atoms with Crippen molar-refractivity contribution >= 4 is 5.91 Å². The molecule has 1 saturated carbocycles. The molecule has 1 aliphatic rings. The fourth-order valence-corrected chi connectivity index (χ4v) is 3.78. The molecule has 4 rings (SSSR count). The van der Waals surface area contributed by atoms with Crippen molar-refractivity contribution in [1.82, 2.24) is 25.7 Å². The van der Waals surface area contributed by atoms with Gasteiger partial charge in [-0.15, -0.1) is 10.2 Å². The molecule has 3 heterocycles. The largest absolute Gasteiger partial charge is 0.472 e. The molecule has 3 aromatic rings. The van der Waals surface area contributed by atoms with Gasteiger partial charge in [0.05, 0.1) is 11.7 Å². The molecule has 9 heteroatoms. The quantitative estimate of drug-likeness (QED) is 0.571. The zero-order valence-electron chi connectivity index (χ0n) is 18.5. The van der Waals surface area contributed by atoms with Gasteiger partial charge in [-0.05, 0) is 58.2 Å². The Bertz CT molecular complexity index is 1050. The first kappa shape index (κ1) is 21.9. The number of aryl methyl sites for hydroxylation is 2. The number of nitrogens with one attached hydrogen (secondary N) is 1. The van der Waals surface area contributed by atoms with Crippen LogP contribution >= 0.6 is 0 Å². The Hall–Kier alpha value is -3.33. The maximum atomic E-state index is 12.5. The SMILES string of the molecule is CCOC1CC[C@@H](NC(=O)c2ccc(OCc3c(-c4ccc(C)nc4)noc3C)nn2)C1. The van der Waals surface area contributed by atoms with Crippen molar-refractivity contribution in [2.45, 2.75) is 58.8 Å². The van der Waals surface area contributed by atoms with Crippen molar-refractivity contribution in [3.8, 4) is 17.1 Å². The summed E-state index contributed by atoms with van der Waals surface area (Å²) in [7, 11) is 0. The minimum Gasteiger partial charge on any atom is -0.472 e. The van der Waals surface area contributed by atoms with Crippen LogP contribution in [0.5, 0.6) is 5.88 Å². The number of ether oxygens (including phenoxy) is 2. The molecule has 1 amide bonds. The Kier molecular flexibility index (Phi) is 6.75. The van der Waals surface area contributed by atoms with Gasteiger partial charge in [0.2, 0.25) is 5.88 Å². The highest BCUT2D eigenvalue weighted by Gasteiger charge is 2.26. The normalized spacial score (nSPS) is 18.0. The number of carbonyl (C=O) groups excluding carboxylic acids is 1. The molecule has 2 atom stereocenters. The number of rotatable bonds is 8. The average Bonchev–Trinajstić information content (AvgIpc) is 3.39. The van der Waals surface area contributed by atoms with Gasteiger partial charge in [-0.25, -0.2) is 0 Å². The third-order valence-corrected chi connectivity index (χ3v) is 5.53. The number of hydrogen-bond acceptors (Lipinski definition) is 8. The van der Waals surface area contributed by atoms with Gasteiger partial charge >= 0.3 is 0 Å². The summed E-state index contributed by atoms with van der Waals surface area (Å²) in [5.74, 6) is 0.731. The Morgan fingerprint density at radius 3 is 2.78 bits per heavy atom. The number of aromatic nitrogens is 4. The third-order valence-electron chi connectivity index (χ3n) is 5.53. The minimum absolute atomic E-state index is 0.100. The van der Waals surface area contributed by atoms with E-state index in [4.69, 9.17) is 14.0 Å². The molecule has 168 valence electrons. The van der Waals surface area contributed by atoms with E-state index in [9.17, 15) is 4.79 Å². The second-order valence-corrected chi connectivity index (χ2v) is 7.86. The summed E-state index contributed by atoms with van der Waals surface area (Å²) in [6.07, 6.45) is 4.66.